The number of nitrogens with one attached hydrogen (secondary N) is 1. The second-order valence-corrected chi connectivity index (χ2v) is 7.97. The van der Waals surface area contributed by atoms with E-state index in [-0.39, 0.29) is 23.1 Å². The van der Waals surface area contributed by atoms with Crippen molar-refractivity contribution in [1.82, 2.24) is 9.62 Å². The molecule has 1 amide bonds. The van der Waals surface area contributed by atoms with Gasteiger partial charge < -0.3 is 5.32 Å². The summed E-state index contributed by atoms with van der Waals surface area (Å²) in [5, 5.41) is 2.72. The lowest BCUT2D eigenvalue weighted by Crippen LogP contribution is -2.39. The first-order valence-electron chi connectivity index (χ1n) is 8.18. The Morgan fingerprint density at radius 3 is 2.19 bits per heavy atom. The maximum atomic E-state index is 12.5. The SMILES string of the molecule is CC(=O)c1ccc(S(=O)(=O)N(C)CC(=O)NCCc2ccccc2)cc1. The number of carbonyl (C=O) groups excluding carboxylic acids is 2. The van der Waals surface area contributed by atoms with E-state index in [1.807, 2.05) is 30.3 Å². The summed E-state index contributed by atoms with van der Waals surface area (Å²) in [6.07, 6.45) is 0.676. The maximum Gasteiger partial charge on any atom is 0.243 e. The summed E-state index contributed by atoms with van der Waals surface area (Å²) in [5.74, 6) is -0.507. The molecule has 138 valence electrons. The van der Waals surface area contributed by atoms with Gasteiger partial charge >= 0.3 is 0 Å². The molecule has 7 heteroatoms. The van der Waals surface area contributed by atoms with E-state index in [1.54, 1.807) is 0 Å². The van der Waals surface area contributed by atoms with Gasteiger partial charge in [-0.3, -0.25) is 9.59 Å². The molecule has 2 aromatic rings. The van der Waals surface area contributed by atoms with Gasteiger partial charge in [0, 0.05) is 19.2 Å². The minimum Gasteiger partial charge on any atom is -0.355 e. The quantitative estimate of drug-likeness (QED) is 0.715. The number of amides is 1. The highest BCUT2D eigenvalue weighted by atomic mass is 32.2. The Kier molecular flexibility index (Phi) is 6.65. The third kappa shape index (κ3) is 5.24. The van der Waals surface area contributed by atoms with E-state index in [9.17, 15) is 18.0 Å². The molecule has 0 aliphatic rings. The van der Waals surface area contributed by atoms with Gasteiger partial charge in [-0.05, 0) is 31.0 Å². The molecule has 0 saturated heterocycles. The average Bonchev–Trinajstić information content (AvgIpc) is 2.62. The van der Waals surface area contributed by atoms with Crippen LogP contribution < -0.4 is 5.32 Å². The van der Waals surface area contributed by atoms with Gasteiger partial charge in [0.15, 0.2) is 5.78 Å². The lowest BCUT2D eigenvalue weighted by atomic mass is 10.1. The van der Waals surface area contributed by atoms with E-state index in [2.05, 4.69) is 5.32 Å². The Morgan fingerprint density at radius 2 is 1.62 bits per heavy atom. The minimum absolute atomic E-state index is 0.0436. The van der Waals surface area contributed by atoms with Crippen LogP contribution in [0.2, 0.25) is 0 Å². The standard InChI is InChI=1S/C19H22N2O4S/c1-15(22)17-8-10-18(11-9-17)26(24,25)21(2)14-19(23)20-13-12-16-6-4-3-5-7-16/h3-11H,12-14H2,1-2H3,(H,20,23). The topological polar surface area (TPSA) is 83.6 Å². The van der Waals surface area contributed by atoms with E-state index in [4.69, 9.17) is 0 Å². The van der Waals surface area contributed by atoms with Crippen molar-refractivity contribution in [2.24, 2.45) is 0 Å². The number of benzene rings is 2. The predicted octanol–water partition coefficient (Wildman–Crippen LogP) is 1.87. The molecular formula is C19H22N2O4S. The zero-order chi connectivity index (χ0) is 19.2. The van der Waals surface area contributed by atoms with Crippen LogP contribution in [0.5, 0.6) is 0 Å². The van der Waals surface area contributed by atoms with Crippen LogP contribution in [0.1, 0.15) is 22.8 Å². The lowest BCUT2D eigenvalue weighted by molar-refractivity contribution is -0.121. The van der Waals surface area contributed by atoms with Gasteiger partial charge in [0.1, 0.15) is 0 Å². The highest BCUT2D eigenvalue weighted by molar-refractivity contribution is 7.89. The first-order valence-corrected chi connectivity index (χ1v) is 9.62. The van der Waals surface area contributed by atoms with Crippen molar-refractivity contribution in [1.29, 1.82) is 0 Å². The summed E-state index contributed by atoms with van der Waals surface area (Å²) >= 11 is 0. The molecule has 0 bridgehead atoms. The van der Waals surface area contributed by atoms with Gasteiger partial charge in [0.2, 0.25) is 15.9 Å². The summed E-state index contributed by atoms with van der Waals surface area (Å²) in [6.45, 7) is 1.57. The van der Waals surface area contributed by atoms with Gasteiger partial charge in [-0.15, -0.1) is 0 Å². The highest BCUT2D eigenvalue weighted by Crippen LogP contribution is 2.15. The average molecular weight is 374 g/mol. The third-order valence-corrected chi connectivity index (χ3v) is 5.73. The molecule has 2 aromatic carbocycles. The molecule has 0 fully saturated rings. The number of carbonyl (C=O) groups is 2. The minimum atomic E-state index is -3.79. The fourth-order valence-electron chi connectivity index (χ4n) is 2.38. The molecule has 1 N–H and O–H groups in total. The Hall–Kier alpha value is -2.51. The van der Waals surface area contributed by atoms with E-state index in [1.165, 1.54) is 38.2 Å². The largest absolute Gasteiger partial charge is 0.355 e. The summed E-state index contributed by atoms with van der Waals surface area (Å²) in [6, 6.07) is 15.4. The molecule has 0 radical (unpaired) electrons. The number of sulfonamides is 1. The second-order valence-electron chi connectivity index (χ2n) is 5.93. The summed E-state index contributed by atoms with van der Waals surface area (Å²) in [5.41, 5.74) is 1.53. The van der Waals surface area contributed by atoms with Crippen LogP contribution in [0.15, 0.2) is 59.5 Å². The number of hydrogen-bond donors (Lipinski definition) is 1. The van der Waals surface area contributed by atoms with Crippen LogP contribution in [0.25, 0.3) is 0 Å². The van der Waals surface area contributed by atoms with Gasteiger partial charge in [0.05, 0.1) is 11.4 Å². The summed E-state index contributed by atoms with van der Waals surface area (Å²) in [7, 11) is -2.44. The summed E-state index contributed by atoms with van der Waals surface area (Å²) < 4.78 is 26.0. The second kappa shape index (κ2) is 8.73. The van der Waals surface area contributed by atoms with Crippen molar-refractivity contribution in [2.45, 2.75) is 18.2 Å². The zero-order valence-corrected chi connectivity index (χ0v) is 15.6. The van der Waals surface area contributed by atoms with Crippen LogP contribution in [0, 0.1) is 0 Å². The van der Waals surface area contributed by atoms with Gasteiger partial charge in [-0.1, -0.05) is 42.5 Å². The Balaban J connectivity index is 1.91. The van der Waals surface area contributed by atoms with Crippen LogP contribution in [0.4, 0.5) is 0 Å². The van der Waals surface area contributed by atoms with E-state index in [0.29, 0.717) is 18.5 Å². The molecule has 0 aliphatic heterocycles. The van der Waals surface area contributed by atoms with Gasteiger partial charge in [0.25, 0.3) is 0 Å². The monoisotopic (exact) mass is 374 g/mol. The van der Waals surface area contributed by atoms with Crippen LogP contribution in [-0.4, -0.2) is 44.6 Å². The zero-order valence-electron chi connectivity index (χ0n) is 14.8. The molecule has 0 aromatic heterocycles. The van der Waals surface area contributed by atoms with Crippen LogP contribution >= 0.6 is 0 Å². The number of ketones is 1. The molecule has 2 rings (SSSR count). The number of Topliss-reactive ketones (excluding diaryl/α,β-unsaturated/α-hetero) is 1. The predicted molar refractivity (Wildman–Crippen MR) is 99.4 cm³/mol. The highest BCUT2D eigenvalue weighted by Gasteiger charge is 2.22. The molecule has 0 unspecified atom stereocenters. The van der Waals surface area contributed by atoms with Crippen LogP contribution in [-0.2, 0) is 21.2 Å². The van der Waals surface area contributed by atoms with Gasteiger partial charge in [-0.25, -0.2) is 8.42 Å². The Labute approximate surface area is 153 Å². The van der Waals surface area contributed by atoms with Crippen molar-refractivity contribution in [2.75, 3.05) is 20.1 Å². The number of likely N-dealkylation sites (N-methyl/N-ethyl adjacent to an activating group) is 1. The van der Waals surface area contributed by atoms with E-state index in [0.717, 1.165) is 9.87 Å². The normalized spacial score (nSPS) is 11.3. The van der Waals surface area contributed by atoms with E-state index >= 15 is 0 Å². The first kappa shape index (κ1) is 19.8. The molecule has 0 atom stereocenters. The molecule has 0 saturated carbocycles. The van der Waals surface area contributed by atoms with Crippen molar-refractivity contribution < 1.29 is 18.0 Å². The maximum absolute atomic E-state index is 12.5. The van der Waals surface area contributed by atoms with E-state index < -0.39 is 10.0 Å². The number of nitrogens with zero attached hydrogens (tertiary/aromatic N) is 1. The fourth-order valence-corrected chi connectivity index (χ4v) is 3.50. The summed E-state index contributed by atoms with van der Waals surface area (Å²) in [4.78, 5) is 23.3. The Morgan fingerprint density at radius 1 is 1.00 bits per heavy atom. The lowest BCUT2D eigenvalue weighted by Gasteiger charge is -2.17. The van der Waals surface area contributed by atoms with Gasteiger partial charge in [-0.2, -0.15) is 4.31 Å². The Bertz CT molecular complexity index is 862. The smallest absolute Gasteiger partial charge is 0.243 e. The molecule has 26 heavy (non-hydrogen) atoms. The first-order chi connectivity index (χ1) is 12.3. The van der Waals surface area contributed by atoms with Crippen molar-refractivity contribution in [3.05, 3.63) is 65.7 Å². The van der Waals surface area contributed by atoms with Crippen LogP contribution in [0.3, 0.4) is 0 Å². The van der Waals surface area contributed by atoms with Crippen molar-refractivity contribution in [3.8, 4) is 0 Å². The van der Waals surface area contributed by atoms with Crippen molar-refractivity contribution in [3.63, 3.8) is 0 Å². The van der Waals surface area contributed by atoms with Crippen molar-refractivity contribution >= 4 is 21.7 Å². The number of hydrogen-bond acceptors (Lipinski definition) is 4. The molecule has 0 aliphatic carbocycles. The molecule has 6 nitrogen and oxygen atoms in total. The molecule has 0 heterocycles. The molecular weight excluding hydrogens is 352 g/mol. The third-order valence-electron chi connectivity index (χ3n) is 3.91. The molecule has 0 spiro atoms. The number of rotatable bonds is 8. The fraction of sp³-hybridized carbons (Fsp3) is 0.263.